The van der Waals surface area contributed by atoms with Crippen LogP contribution in [-0.4, -0.2) is 9.13 Å². The third kappa shape index (κ3) is 4.31. The van der Waals surface area contributed by atoms with Crippen molar-refractivity contribution in [2.45, 2.75) is 0 Å². The largest absolute Gasteiger partial charge is 0.310 e. The minimum absolute atomic E-state index is 0.528. The molecule has 2 aromatic heterocycles. The Morgan fingerprint density at radius 2 is 1.14 bits per heavy atom. The van der Waals surface area contributed by atoms with Crippen molar-refractivity contribution in [2.24, 2.45) is 0 Å². The Kier molecular flexibility index (Phi) is 6.56. The van der Waals surface area contributed by atoms with E-state index in [1.807, 2.05) is 72.8 Å². The Labute approximate surface area is 288 Å². The highest BCUT2D eigenvalue weighted by atomic mass is 15.0. The molecule has 0 aliphatic rings. The molecule has 5 nitrogen and oxygen atoms in total. The van der Waals surface area contributed by atoms with Crippen LogP contribution >= 0.6 is 0 Å². The van der Waals surface area contributed by atoms with Crippen LogP contribution in [0, 0.1) is 24.5 Å². The maximum Gasteiger partial charge on any atom is 0.195 e. The molecule has 0 spiro atoms. The van der Waals surface area contributed by atoms with E-state index in [9.17, 15) is 5.26 Å². The molecule has 0 N–H and O–H groups in total. The molecule has 230 valence electrons. The van der Waals surface area contributed by atoms with E-state index in [-0.39, 0.29) is 0 Å². The molecule has 7 aromatic carbocycles. The first-order valence-electron chi connectivity index (χ1n) is 16.2. The Bertz CT molecular complexity index is 2920. The number of hydrogen-bond donors (Lipinski definition) is 0. The normalized spacial score (nSPS) is 11.1. The summed E-state index contributed by atoms with van der Waals surface area (Å²) in [5, 5.41) is 14.0. The van der Waals surface area contributed by atoms with Gasteiger partial charge in [0.1, 0.15) is 0 Å². The molecule has 0 atom stereocenters. The lowest BCUT2D eigenvalue weighted by Gasteiger charge is -2.19. The zero-order valence-corrected chi connectivity index (χ0v) is 26.7. The monoisotopic (exact) mass is 635 g/mol. The molecule has 0 bridgehead atoms. The summed E-state index contributed by atoms with van der Waals surface area (Å²) in [5.74, 6) is 0. The van der Waals surface area contributed by atoms with Gasteiger partial charge in [0.15, 0.2) is 11.4 Å². The third-order valence-corrected chi connectivity index (χ3v) is 9.58. The van der Waals surface area contributed by atoms with Crippen molar-refractivity contribution in [3.63, 3.8) is 0 Å². The predicted octanol–water partition coefficient (Wildman–Crippen LogP) is 12.2. The zero-order valence-electron chi connectivity index (χ0n) is 26.7. The van der Waals surface area contributed by atoms with Gasteiger partial charge >= 0.3 is 0 Å². The van der Waals surface area contributed by atoms with Crippen LogP contribution in [0.2, 0.25) is 0 Å². The number of nitrogens with zero attached hydrogens (tertiary/aromatic N) is 5. The van der Waals surface area contributed by atoms with E-state index in [1.54, 1.807) is 0 Å². The summed E-state index contributed by atoms with van der Waals surface area (Å²) in [7, 11) is 0. The van der Waals surface area contributed by atoms with Gasteiger partial charge < -0.3 is 9.13 Å². The fourth-order valence-corrected chi connectivity index (χ4v) is 7.46. The molecule has 0 aliphatic heterocycles. The third-order valence-electron chi connectivity index (χ3n) is 9.58. The molecule has 0 aliphatic carbocycles. The molecule has 0 saturated carbocycles. The maximum absolute atomic E-state index is 9.64. The van der Waals surface area contributed by atoms with Crippen LogP contribution < -0.4 is 0 Å². The summed E-state index contributed by atoms with van der Waals surface area (Å²) in [6, 6.07) is 53.1. The lowest BCUT2D eigenvalue weighted by Crippen LogP contribution is -1.99. The van der Waals surface area contributed by atoms with Gasteiger partial charge in [-0.25, -0.2) is 9.69 Å². The SMILES string of the molecule is [C-]#[N+]c1ccc(-c2c([N+]#[C-])cccc2-c2cccc(-n3c4ccccc4c4cc(C#N)ccc43)c2)c(-n2c3ccccc3c3ccccc32)c1. The molecule has 0 fully saturated rings. The molecule has 9 aromatic rings. The molecule has 50 heavy (non-hydrogen) atoms. The molecule has 0 amide bonds. The van der Waals surface area contributed by atoms with Gasteiger partial charge in [0.05, 0.1) is 46.8 Å². The summed E-state index contributed by atoms with van der Waals surface area (Å²) < 4.78 is 4.46. The van der Waals surface area contributed by atoms with Gasteiger partial charge in [-0.1, -0.05) is 97.1 Å². The van der Waals surface area contributed by atoms with Gasteiger partial charge in [-0.15, -0.1) is 0 Å². The number of rotatable bonds is 4. The first-order chi connectivity index (χ1) is 24.7. The van der Waals surface area contributed by atoms with Crippen LogP contribution in [0.5, 0.6) is 0 Å². The standard InChI is InChI=1S/C45H25N5/c1-47-31-22-23-37(44(27-31)50-41-19-7-3-13-34(41)35-14-4-8-20-42(35)50)45-33(16-10-17-39(45)48-2)30-11-9-12-32(26-30)49-40-18-6-5-15-36(40)38-25-29(28-46)21-24-43(38)49/h3-27H. The Balaban J connectivity index is 1.32. The average Bonchev–Trinajstić information content (AvgIpc) is 3.70. The van der Waals surface area contributed by atoms with E-state index in [2.05, 4.69) is 104 Å². The highest BCUT2D eigenvalue weighted by Crippen LogP contribution is 2.45. The Morgan fingerprint density at radius 1 is 0.500 bits per heavy atom. The highest BCUT2D eigenvalue weighted by Gasteiger charge is 2.21. The van der Waals surface area contributed by atoms with E-state index < -0.39 is 0 Å². The van der Waals surface area contributed by atoms with Gasteiger partial charge in [0, 0.05) is 32.9 Å². The van der Waals surface area contributed by atoms with Crippen LogP contribution in [0.1, 0.15) is 5.56 Å². The number of nitriles is 1. The van der Waals surface area contributed by atoms with Gasteiger partial charge in [-0.05, 0) is 76.9 Å². The van der Waals surface area contributed by atoms with Crippen molar-refractivity contribution in [1.29, 1.82) is 5.26 Å². The van der Waals surface area contributed by atoms with Crippen molar-refractivity contribution in [2.75, 3.05) is 0 Å². The minimum Gasteiger partial charge on any atom is -0.310 e. The predicted molar refractivity (Wildman–Crippen MR) is 203 cm³/mol. The fourth-order valence-electron chi connectivity index (χ4n) is 7.46. The van der Waals surface area contributed by atoms with Gasteiger partial charge in [-0.3, -0.25) is 0 Å². The highest BCUT2D eigenvalue weighted by molar-refractivity contribution is 6.11. The number of fused-ring (bicyclic) bond motifs is 6. The number of benzene rings is 7. The molecule has 0 radical (unpaired) electrons. The maximum atomic E-state index is 9.64. The molecular weight excluding hydrogens is 611 g/mol. The van der Waals surface area contributed by atoms with Crippen molar-refractivity contribution >= 4 is 55.0 Å². The molecular formula is C45H25N5. The Hall–Kier alpha value is -7.39. The van der Waals surface area contributed by atoms with Crippen LogP contribution in [0.4, 0.5) is 11.4 Å². The zero-order chi connectivity index (χ0) is 33.8. The number of hydrogen-bond acceptors (Lipinski definition) is 1. The van der Waals surface area contributed by atoms with E-state index in [4.69, 9.17) is 13.1 Å². The van der Waals surface area contributed by atoms with E-state index in [0.29, 0.717) is 16.9 Å². The molecule has 2 heterocycles. The second-order valence-corrected chi connectivity index (χ2v) is 12.2. The van der Waals surface area contributed by atoms with Crippen LogP contribution in [0.25, 0.3) is 86.9 Å². The number of aromatic nitrogens is 2. The minimum atomic E-state index is 0.528. The first kappa shape index (κ1) is 28.8. The van der Waals surface area contributed by atoms with Gasteiger partial charge in [0.2, 0.25) is 0 Å². The Morgan fingerprint density at radius 3 is 1.82 bits per heavy atom. The summed E-state index contributed by atoms with van der Waals surface area (Å²) in [6.07, 6.45) is 0. The smallest absolute Gasteiger partial charge is 0.195 e. The van der Waals surface area contributed by atoms with Gasteiger partial charge in [0.25, 0.3) is 0 Å². The topological polar surface area (TPSA) is 42.4 Å². The van der Waals surface area contributed by atoms with E-state index in [1.165, 1.54) is 0 Å². The lowest BCUT2D eigenvalue weighted by atomic mass is 9.91. The quantitative estimate of drug-likeness (QED) is 0.177. The second-order valence-electron chi connectivity index (χ2n) is 12.2. The fraction of sp³-hybridized carbons (Fsp3) is 0. The molecule has 0 saturated heterocycles. The molecule has 5 heteroatoms. The second kappa shape index (κ2) is 11.4. The van der Waals surface area contributed by atoms with Crippen molar-refractivity contribution < 1.29 is 0 Å². The summed E-state index contributed by atoms with van der Waals surface area (Å²) in [4.78, 5) is 7.86. The number of para-hydroxylation sites is 3. The summed E-state index contributed by atoms with van der Waals surface area (Å²) >= 11 is 0. The van der Waals surface area contributed by atoms with E-state index >= 15 is 0 Å². The first-order valence-corrected chi connectivity index (χ1v) is 16.2. The summed E-state index contributed by atoms with van der Waals surface area (Å²) in [5.41, 5.74) is 11.2. The summed E-state index contributed by atoms with van der Waals surface area (Å²) in [6.45, 7) is 16.2. The van der Waals surface area contributed by atoms with Crippen molar-refractivity contribution in [3.8, 4) is 39.7 Å². The van der Waals surface area contributed by atoms with Crippen LogP contribution in [0.15, 0.2) is 152 Å². The van der Waals surface area contributed by atoms with Crippen LogP contribution in [0.3, 0.4) is 0 Å². The molecule has 0 unspecified atom stereocenters. The molecule has 9 rings (SSSR count). The van der Waals surface area contributed by atoms with Crippen molar-refractivity contribution in [3.05, 3.63) is 180 Å². The van der Waals surface area contributed by atoms with Gasteiger partial charge in [-0.2, -0.15) is 5.26 Å². The average molecular weight is 636 g/mol. The van der Waals surface area contributed by atoms with Crippen molar-refractivity contribution in [1.82, 2.24) is 9.13 Å². The van der Waals surface area contributed by atoms with Crippen LogP contribution in [-0.2, 0) is 0 Å². The van der Waals surface area contributed by atoms with E-state index in [0.717, 1.165) is 77.2 Å². The lowest BCUT2D eigenvalue weighted by molar-refractivity contribution is 1.18.